The molecule has 0 saturated carbocycles. The van der Waals surface area contributed by atoms with Crippen LogP contribution in [0.15, 0.2) is 18.5 Å². The monoisotopic (exact) mass is 247 g/mol. The molecule has 1 amide bonds. The van der Waals surface area contributed by atoms with Gasteiger partial charge in [0.25, 0.3) is 5.91 Å². The molecule has 6 nitrogen and oxygen atoms in total. The Morgan fingerprint density at radius 3 is 2.78 bits per heavy atom. The maximum absolute atomic E-state index is 11.8. The van der Waals surface area contributed by atoms with E-state index in [9.17, 15) is 4.79 Å². The summed E-state index contributed by atoms with van der Waals surface area (Å²) >= 11 is 0. The quantitative estimate of drug-likeness (QED) is 0.765. The number of amides is 1. The molecule has 2 rings (SSSR count). The molecule has 0 atom stereocenters. The highest BCUT2D eigenvalue weighted by molar-refractivity contribution is 5.90. The van der Waals surface area contributed by atoms with Crippen LogP contribution in [0.3, 0.4) is 0 Å². The van der Waals surface area contributed by atoms with E-state index in [0.717, 1.165) is 5.56 Å². The maximum atomic E-state index is 11.8. The van der Waals surface area contributed by atoms with Crippen molar-refractivity contribution in [2.45, 2.75) is 32.7 Å². The van der Waals surface area contributed by atoms with Crippen molar-refractivity contribution in [1.82, 2.24) is 25.5 Å². The molecule has 6 heteroatoms. The van der Waals surface area contributed by atoms with E-state index in [1.54, 1.807) is 0 Å². The van der Waals surface area contributed by atoms with Crippen molar-refractivity contribution in [2.75, 3.05) is 0 Å². The highest BCUT2D eigenvalue weighted by atomic mass is 16.2. The van der Waals surface area contributed by atoms with Crippen LogP contribution in [0.5, 0.6) is 0 Å². The Balaban J connectivity index is 1.99. The van der Waals surface area contributed by atoms with Gasteiger partial charge in [-0.1, -0.05) is 20.8 Å². The highest BCUT2D eigenvalue weighted by Gasteiger charge is 2.21. The summed E-state index contributed by atoms with van der Waals surface area (Å²) < 4.78 is 0. The van der Waals surface area contributed by atoms with Crippen LogP contribution in [-0.4, -0.2) is 26.1 Å². The van der Waals surface area contributed by atoms with Crippen LogP contribution in [0.25, 0.3) is 0 Å². The second-order valence-electron chi connectivity index (χ2n) is 5.16. The van der Waals surface area contributed by atoms with E-state index in [-0.39, 0.29) is 17.1 Å². The molecule has 0 aliphatic rings. The van der Waals surface area contributed by atoms with Crippen molar-refractivity contribution in [3.63, 3.8) is 0 Å². The number of rotatable bonds is 3. The molecule has 0 bridgehead atoms. The number of H-pyrrole nitrogens is 2. The van der Waals surface area contributed by atoms with Gasteiger partial charge in [-0.25, -0.2) is 4.98 Å². The van der Waals surface area contributed by atoms with Crippen LogP contribution in [0.2, 0.25) is 0 Å². The lowest BCUT2D eigenvalue weighted by Gasteiger charge is -2.12. The normalized spacial score (nSPS) is 11.5. The van der Waals surface area contributed by atoms with Gasteiger partial charge in [0, 0.05) is 24.4 Å². The summed E-state index contributed by atoms with van der Waals surface area (Å²) in [5.74, 6) is 0.604. The molecule has 0 aliphatic carbocycles. The molecule has 0 spiro atoms. The fraction of sp³-hybridized carbons (Fsp3) is 0.417. The highest BCUT2D eigenvalue weighted by Crippen LogP contribution is 2.17. The molecule has 18 heavy (non-hydrogen) atoms. The van der Waals surface area contributed by atoms with E-state index in [2.05, 4.69) is 25.5 Å². The second kappa shape index (κ2) is 4.64. The number of hydrogen-bond donors (Lipinski definition) is 3. The summed E-state index contributed by atoms with van der Waals surface area (Å²) in [5.41, 5.74) is 0.863. The first kappa shape index (κ1) is 12.3. The zero-order valence-electron chi connectivity index (χ0n) is 10.7. The molecule has 2 aromatic rings. The summed E-state index contributed by atoms with van der Waals surface area (Å²) in [5, 5.41) is 9.48. The Bertz CT molecular complexity index is 521. The number of carbonyl (C=O) groups excluding carboxylic acids is 1. The van der Waals surface area contributed by atoms with E-state index in [4.69, 9.17) is 0 Å². The molecule has 2 heterocycles. The molecule has 96 valence electrons. The smallest absolute Gasteiger partial charge is 0.291 e. The van der Waals surface area contributed by atoms with Crippen molar-refractivity contribution < 1.29 is 4.79 Å². The van der Waals surface area contributed by atoms with E-state index >= 15 is 0 Å². The van der Waals surface area contributed by atoms with E-state index < -0.39 is 0 Å². The van der Waals surface area contributed by atoms with Gasteiger partial charge in [0.05, 0.1) is 0 Å². The van der Waals surface area contributed by atoms with Gasteiger partial charge in [0.2, 0.25) is 5.82 Å². The molecule has 3 N–H and O–H groups in total. The molecule has 0 aliphatic heterocycles. The lowest BCUT2D eigenvalue weighted by Crippen LogP contribution is -2.24. The van der Waals surface area contributed by atoms with Gasteiger partial charge in [0.15, 0.2) is 0 Å². The zero-order chi connectivity index (χ0) is 13.2. The SMILES string of the molecule is CC(C)(C)c1nc(C(=O)NCc2cc[nH]c2)n[nH]1. The molecule has 0 radical (unpaired) electrons. The first-order valence-corrected chi connectivity index (χ1v) is 5.79. The first-order valence-electron chi connectivity index (χ1n) is 5.79. The Kier molecular flexibility index (Phi) is 3.18. The van der Waals surface area contributed by atoms with Crippen LogP contribution >= 0.6 is 0 Å². The van der Waals surface area contributed by atoms with E-state index in [0.29, 0.717) is 12.4 Å². The first-order chi connectivity index (χ1) is 8.47. The van der Waals surface area contributed by atoms with Gasteiger partial charge in [-0.15, -0.1) is 5.10 Å². The molecular weight excluding hydrogens is 230 g/mol. The molecule has 0 unspecified atom stereocenters. The van der Waals surface area contributed by atoms with E-state index in [1.165, 1.54) is 0 Å². The van der Waals surface area contributed by atoms with Crippen LogP contribution < -0.4 is 5.32 Å². The van der Waals surface area contributed by atoms with Gasteiger partial charge in [-0.2, -0.15) is 0 Å². The minimum Gasteiger partial charge on any atom is -0.367 e. The zero-order valence-corrected chi connectivity index (χ0v) is 10.7. The fourth-order valence-electron chi connectivity index (χ4n) is 1.43. The Morgan fingerprint density at radius 2 is 2.22 bits per heavy atom. The molecule has 0 saturated heterocycles. The van der Waals surface area contributed by atoms with E-state index in [1.807, 2.05) is 39.2 Å². The number of carbonyl (C=O) groups is 1. The second-order valence-corrected chi connectivity index (χ2v) is 5.16. The lowest BCUT2D eigenvalue weighted by molar-refractivity contribution is 0.0941. The minimum absolute atomic E-state index is 0.147. The summed E-state index contributed by atoms with van der Waals surface area (Å²) in [7, 11) is 0. The summed E-state index contributed by atoms with van der Waals surface area (Å²) in [6, 6.07) is 1.90. The third-order valence-electron chi connectivity index (χ3n) is 2.51. The van der Waals surface area contributed by atoms with Crippen LogP contribution in [0.4, 0.5) is 0 Å². The van der Waals surface area contributed by atoms with Gasteiger partial charge in [-0.05, 0) is 11.6 Å². The fourth-order valence-corrected chi connectivity index (χ4v) is 1.43. The molecule has 2 aromatic heterocycles. The van der Waals surface area contributed by atoms with Crippen molar-refractivity contribution in [1.29, 1.82) is 0 Å². The summed E-state index contributed by atoms with van der Waals surface area (Å²) in [6.07, 6.45) is 3.64. The largest absolute Gasteiger partial charge is 0.367 e. The van der Waals surface area contributed by atoms with Crippen molar-refractivity contribution in [2.24, 2.45) is 0 Å². The number of hydrogen-bond acceptors (Lipinski definition) is 3. The Morgan fingerprint density at radius 1 is 1.44 bits per heavy atom. The maximum Gasteiger partial charge on any atom is 0.291 e. The van der Waals surface area contributed by atoms with Crippen molar-refractivity contribution in [3.8, 4) is 0 Å². The van der Waals surface area contributed by atoms with Crippen LogP contribution in [-0.2, 0) is 12.0 Å². The predicted molar refractivity (Wildman–Crippen MR) is 67.0 cm³/mol. The van der Waals surface area contributed by atoms with Crippen molar-refractivity contribution >= 4 is 5.91 Å². The van der Waals surface area contributed by atoms with Crippen LogP contribution in [0.1, 0.15) is 42.8 Å². The molecular formula is C12H17N5O. The number of aromatic nitrogens is 4. The predicted octanol–water partition coefficient (Wildman–Crippen LogP) is 1.36. The average molecular weight is 247 g/mol. The van der Waals surface area contributed by atoms with Crippen molar-refractivity contribution in [3.05, 3.63) is 35.7 Å². The molecule has 0 aromatic carbocycles. The number of nitrogens with zero attached hydrogens (tertiary/aromatic N) is 2. The minimum atomic E-state index is -0.275. The number of aromatic amines is 2. The third kappa shape index (κ3) is 2.77. The topological polar surface area (TPSA) is 86.5 Å². The number of nitrogens with one attached hydrogen (secondary N) is 3. The standard InChI is InChI=1S/C12H17N5O/c1-12(2,3)11-15-9(16-17-11)10(18)14-7-8-4-5-13-6-8/h4-6,13H,7H2,1-3H3,(H,14,18)(H,15,16,17). The van der Waals surface area contributed by atoms with Gasteiger partial charge in [-0.3, -0.25) is 9.89 Å². The Hall–Kier alpha value is -2.11. The molecule has 0 fully saturated rings. The third-order valence-corrected chi connectivity index (χ3v) is 2.51. The van der Waals surface area contributed by atoms with Gasteiger partial charge in [0.1, 0.15) is 5.82 Å². The average Bonchev–Trinajstić information content (AvgIpc) is 2.96. The summed E-state index contributed by atoms with van der Waals surface area (Å²) in [6.45, 7) is 6.49. The summed E-state index contributed by atoms with van der Waals surface area (Å²) in [4.78, 5) is 18.9. The lowest BCUT2D eigenvalue weighted by atomic mass is 9.96. The Labute approximate surface area is 105 Å². The van der Waals surface area contributed by atoms with Gasteiger partial charge >= 0.3 is 0 Å². The van der Waals surface area contributed by atoms with Crippen LogP contribution in [0, 0.1) is 0 Å². The van der Waals surface area contributed by atoms with Gasteiger partial charge < -0.3 is 10.3 Å².